The van der Waals surface area contributed by atoms with Crippen molar-refractivity contribution in [2.24, 2.45) is 45.8 Å². The van der Waals surface area contributed by atoms with Gasteiger partial charge >= 0.3 is 23.5 Å². The van der Waals surface area contributed by atoms with E-state index in [0.29, 0.717) is 29.9 Å². The van der Waals surface area contributed by atoms with E-state index in [1.807, 2.05) is 13.0 Å². The predicted molar refractivity (Wildman–Crippen MR) is 256 cm³/mol. The van der Waals surface area contributed by atoms with Crippen molar-refractivity contribution in [2.45, 2.75) is 123 Å². The van der Waals surface area contributed by atoms with E-state index in [9.17, 15) is 62.7 Å². The SMILES string of the molecule is CC(C(=O)SCCNC(=O)CCNC(=O)C(O)C(C)(C)COP(=O)(O)OP(=O)(O)OCC1OC(n2cnc3c(N)ncnc32)C(O)C1OP(=O)(O)O)C1CCC2C3CCC4=CC(=O)CCC4(C)C3CCC12C. The number of phosphoric acid groups is 3. The number of anilines is 1. The molecule has 0 radical (unpaired) electrons. The van der Waals surface area contributed by atoms with Gasteiger partial charge in [0.2, 0.25) is 11.8 Å². The zero-order chi connectivity index (χ0) is 52.8. The third kappa shape index (κ3) is 12.5. The molecule has 25 nitrogen and oxygen atoms in total. The van der Waals surface area contributed by atoms with Crippen molar-refractivity contribution in [3.63, 3.8) is 0 Å². The Morgan fingerprint density at radius 2 is 1.71 bits per heavy atom. The number of nitrogens with two attached hydrogens (primary N) is 1. The maximum absolute atomic E-state index is 13.5. The number of rotatable bonds is 21. The Hall–Kier alpha value is -3.03. The molecule has 2 amide bonds. The van der Waals surface area contributed by atoms with E-state index in [1.54, 1.807) is 0 Å². The highest BCUT2D eigenvalue weighted by Gasteiger charge is 2.60. The first kappa shape index (κ1) is 56.7. The Morgan fingerprint density at radius 1 is 0.986 bits per heavy atom. The van der Waals surface area contributed by atoms with Crippen LogP contribution in [0.3, 0.4) is 0 Å². The van der Waals surface area contributed by atoms with Crippen LogP contribution < -0.4 is 16.4 Å². The monoisotopic (exact) mass is 1090 g/mol. The summed E-state index contributed by atoms with van der Waals surface area (Å²) in [6.45, 7) is 7.31. The molecule has 1 aliphatic heterocycles. The van der Waals surface area contributed by atoms with E-state index in [0.717, 1.165) is 62.2 Å². The molecule has 5 aliphatic rings. The number of fused-ring (bicyclic) bond motifs is 6. The third-order valence-electron chi connectivity index (χ3n) is 15.8. The smallest absolute Gasteiger partial charge is 0.386 e. The van der Waals surface area contributed by atoms with Crippen molar-refractivity contribution in [1.82, 2.24) is 30.2 Å². The molecule has 2 aromatic rings. The van der Waals surface area contributed by atoms with Crippen molar-refractivity contribution in [3.05, 3.63) is 24.3 Å². The summed E-state index contributed by atoms with van der Waals surface area (Å²) >= 11 is 1.20. The normalized spacial score (nSPS) is 32.1. The largest absolute Gasteiger partial charge is 0.481 e. The molecule has 14 unspecified atom stereocenters. The lowest BCUT2D eigenvalue weighted by atomic mass is 9.46. The summed E-state index contributed by atoms with van der Waals surface area (Å²) in [6, 6.07) is 0. The summed E-state index contributed by atoms with van der Waals surface area (Å²) in [6.07, 6.45) is 2.94. The molecule has 10 N–H and O–H groups in total. The third-order valence-corrected chi connectivity index (χ3v) is 19.9. The van der Waals surface area contributed by atoms with Crippen LogP contribution in [-0.2, 0) is 55.5 Å². The highest BCUT2D eigenvalue weighted by molar-refractivity contribution is 8.13. The molecule has 72 heavy (non-hydrogen) atoms. The number of hydrogen-bond donors (Lipinski definition) is 9. The van der Waals surface area contributed by atoms with Crippen molar-refractivity contribution < 1.29 is 85.3 Å². The Morgan fingerprint density at radius 3 is 2.43 bits per heavy atom. The molecular formula is C43H66N7O18P3S. The van der Waals surface area contributed by atoms with E-state index in [-0.39, 0.29) is 70.1 Å². The number of phosphoric ester groups is 3. The van der Waals surface area contributed by atoms with Gasteiger partial charge in [-0.05, 0) is 85.5 Å². The molecule has 4 aliphatic carbocycles. The average Bonchev–Trinajstić information content (AvgIpc) is 3.98. The molecule has 7 rings (SSSR count). The van der Waals surface area contributed by atoms with Crippen molar-refractivity contribution >= 4 is 74.9 Å². The van der Waals surface area contributed by atoms with Crippen molar-refractivity contribution in [1.29, 1.82) is 0 Å². The molecule has 0 bridgehead atoms. The number of aromatic nitrogens is 4. The van der Waals surface area contributed by atoms with Crippen LogP contribution >= 0.6 is 35.2 Å². The molecular weight excluding hydrogens is 1030 g/mol. The lowest BCUT2D eigenvalue weighted by molar-refractivity contribution is -0.137. The zero-order valence-corrected chi connectivity index (χ0v) is 44.1. The minimum Gasteiger partial charge on any atom is -0.386 e. The molecule has 1 saturated heterocycles. The number of aliphatic hydroxyl groups excluding tert-OH is 2. The van der Waals surface area contributed by atoms with Crippen LogP contribution in [0.4, 0.5) is 5.82 Å². The average molecular weight is 1090 g/mol. The molecule has 0 spiro atoms. The van der Waals surface area contributed by atoms with Crippen LogP contribution in [0.1, 0.15) is 98.6 Å². The first-order valence-electron chi connectivity index (χ1n) is 23.9. The number of ether oxygens (including phenoxy) is 1. The lowest BCUT2D eigenvalue weighted by Crippen LogP contribution is -2.51. The molecule has 29 heteroatoms. The maximum Gasteiger partial charge on any atom is 0.481 e. The number of hydrogen-bond acceptors (Lipinski definition) is 19. The van der Waals surface area contributed by atoms with E-state index in [1.165, 1.54) is 31.2 Å². The number of ketones is 1. The van der Waals surface area contributed by atoms with E-state index >= 15 is 0 Å². The van der Waals surface area contributed by atoms with Crippen LogP contribution in [0.15, 0.2) is 24.3 Å². The highest BCUT2D eigenvalue weighted by atomic mass is 32.2. The predicted octanol–water partition coefficient (Wildman–Crippen LogP) is 3.45. The maximum atomic E-state index is 13.5. The van der Waals surface area contributed by atoms with E-state index in [2.05, 4.69) is 48.3 Å². The Labute approximate surface area is 420 Å². The highest BCUT2D eigenvalue weighted by Crippen LogP contribution is 2.68. The summed E-state index contributed by atoms with van der Waals surface area (Å²) in [7, 11) is -16.5. The van der Waals surface area contributed by atoms with Gasteiger partial charge in [-0.15, -0.1) is 0 Å². The number of nitrogen functional groups attached to an aromatic ring is 1. The van der Waals surface area contributed by atoms with Crippen LogP contribution in [-0.4, -0.2) is 128 Å². The number of imidazole rings is 1. The van der Waals surface area contributed by atoms with Crippen LogP contribution in [0.25, 0.3) is 11.2 Å². The van der Waals surface area contributed by atoms with Gasteiger partial charge in [0.15, 0.2) is 28.6 Å². The number of amides is 2. The Bertz CT molecular complexity index is 2570. The van der Waals surface area contributed by atoms with Gasteiger partial charge in [0, 0.05) is 43.0 Å². The lowest BCUT2D eigenvalue weighted by Gasteiger charge is -2.58. The molecule has 14 atom stereocenters. The summed E-state index contributed by atoms with van der Waals surface area (Å²) < 4.78 is 62.8. The van der Waals surface area contributed by atoms with Crippen LogP contribution in [0, 0.1) is 45.8 Å². The topological polar surface area (TPSA) is 381 Å². The molecule has 402 valence electrons. The fourth-order valence-corrected chi connectivity index (χ4v) is 15.7. The molecule has 4 fully saturated rings. The van der Waals surface area contributed by atoms with Gasteiger partial charge in [-0.2, -0.15) is 4.31 Å². The fraction of sp³-hybridized carbons (Fsp3) is 0.744. The summed E-state index contributed by atoms with van der Waals surface area (Å²) in [5.74, 6) is 1.04. The second kappa shape index (κ2) is 21.9. The van der Waals surface area contributed by atoms with Gasteiger partial charge in [-0.3, -0.25) is 37.3 Å². The fourth-order valence-electron chi connectivity index (χ4n) is 12.0. The van der Waals surface area contributed by atoms with E-state index < -0.39 is 84.6 Å². The van der Waals surface area contributed by atoms with Gasteiger partial charge in [0.1, 0.15) is 36.3 Å². The van der Waals surface area contributed by atoms with Gasteiger partial charge in [0.05, 0.1) is 19.5 Å². The van der Waals surface area contributed by atoms with Crippen LogP contribution in [0.2, 0.25) is 0 Å². The Kier molecular flexibility index (Phi) is 17.2. The second-order valence-electron chi connectivity index (χ2n) is 20.7. The standard InChI is InChI=1S/C43H66N7O18P3S/c1-23(27-8-9-28-26-7-6-24-18-25(51)10-13-42(24,4)29(26)11-14-43(27,28)5)40(56)72-17-16-45-31(52)12-15-46-38(55)35(54)41(2,3)20-65-71(62,63)68-70(60,61)64-19-30-34(67-69(57,58)59)33(53)39(66-30)50-22-49-32-36(44)47-21-48-37(32)50/h18,21-23,26-30,33-35,39,53-54H,6-17,19-20H2,1-5H3,(H,45,52)(H,46,55)(H,60,61)(H,62,63)(H2,44,47,48)(H2,57,58,59). The quantitative estimate of drug-likeness (QED) is 0.0638. The number of thioether (sulfide) groups is 1. The molecule has 2 aromatic heterocycles. The number of carbonyl (C=O) groups excluding carboxylic acids is 4. The van der Waals surface area contributed by atoms with Crippen molar-refractivity contribution in [3.8, 4) is 0 Å². The van der Waals surface area contributed by atoms with Crippen molar-refractivity contribution in [2.75, 3.05) is 37.8 Å². The Balaban J connectivity index is 0.803. The molecule has 0 aromatic carbocycles. The number of aliphatic hydroxyl groups is 2. The molecule has 3 saturated carbocycles. The van der Waals surface area contributed by atoms with Gasteiger partial charge in [0.25, 0.3) is 0 Å². The summed E-state index contributed by atoms with van der Waals surface area (Å²) in [5.41, 5.74) is 5.79. The minimum atomic E-state index is -5.59. The first-order chi connectivity index (χ1) is 33.6. The number of nitrogens with one attached hydrogen (secondary N) is 2. The van der Waals surface area contributed by atoms with E-state index in [4.69, 9.17) is 19.5 Å². The number of carbonyl (C=O) groups is 4. The number of allylic oxidation sites excluding steroid dienone is 1. The molecule has 3 heterocycles. The van der Waals surface area contributed by atoms with Crippen LogP contribution in [0.5, 0.6) is 0 Å². The summed E-state index contributed by atoms with van der Waals surface area (Å²) in [5, 5.41) is 27.0. The van der Waals surface area contributed by atoms with Gasteiger partial charge in [-0.25, -0.2) is 28.6 Å². The zero-order valence-electron chi connectivity index (χ0n) is 40.6. The minimum absolute atomic E-state index is 0.0304. The van der Waals surface area contributed by atoms with Gasteiger partial charge in [-0.1, -0.05) is 52.0 Å². The first-order valence-corrected chi connectivity index (χ1v) is 29.4. The second-order valence-corrected chi connectivity index (χ2v) is 26.1. The van der Waals surface area contributed by atoms with Gasteiger partial charge < -0.3 is 50.9 Å². The summed E-state index contributed by atoms with van der Waals surface area (Å²) in [4.78, 5) is 103. The number of nitrogens with zero attached hydrogens (tertiary/aromatic N) is 4.